The van der Waals surface area contributed by atoms with Crippen LogP contribution in [0.2, 0.25) is 0 Å². The third-order valence-electron chi connectivity index (χ3n) is 1.76. The van der Waals surface area contributed by atoms with E-state index >= 15 is 0 Å². The third kappa shape index (κ3) is 2.96. The van der Waals surface area contributed by atoms with Gasteiger partial charge in [-0.15, -0.1) is 11.8 Å². The first-order valence-electron chi connectivity index (χ1n) is 4.44. The largest absolute Gasteiger partial charge is 0.491 e. The zero-order valence-electron chi connectivity index (χ0n) is 8.63. The molecule has 0 aromatic heterocycles. The van der Waals surface area contributed by atoms with Gasteiger partial charge in [-0.1, -0.05) is 6.07 Å². The maximum absolute atomic E-state index is 5.67. The first-order chi connectivity index (χ1) is 6.13. The van der Waals surface area contributed by atoms with Crippen LogP contribution < -0.4 is 4.74 Å². The molecule has 72 valence electrons. The lowest BCUT2D eigenvalue weighted by Gasteiger charge is -2.12. The van der Waals surface area contributed by atoms with E-state index in [0.717, 1.165) is 5.75 Å². The highest BCUT2D eigenvalue weighted by atomic mass is 32.2. The van der Waals surface area contributed by atoms with Gasteiger partial charge in [0.05, 0.1) is 6.10 Å². The zero-order chi connectivity index (χ0) is 9.84. The molecule has 0 unspecified atom stereocenters. The fourth-order valence-electron chi connectivity index (χ4n) is 1.09. The summed E-state index contributed by atoms with van der Waals surface area (Å²) in [7, 11) is 0. The van der Waals surface area contributed by atoms with E-state index in [4.69, 9.17) is 4.74 Å². The molecule has 0 fully saturated rings. The summed E-state index contributed by atoms with van der Waals surface area (Å²) in [5, 5.41) is 0. The van der Waals surface area contributed by atoms with Crippen LogP contribution in [0.5, 0.6) is 5.75 Å². The second-order valence-corrected chi connectivity index (χ2v) is 4.18. The maximum atomic E-state index is 5.67. The second-order valence-electron chi connectivity index (χ2n) is 3.30. The molecule has 0 N–H and O–H groups in total. The number of benzene rings is 1. The minimum Gasteiger partial charge on any atom is -0.491 e. The summed E-state index contributed by atoms with van der Waals surface area (Å²) in [5.74, 6) is 1.00. The van der Waals surface area contributed by atoms with Crippen LogP contribution >= 0.6 is 11.8 Å². The minimum absolute atomic E-state index is 0.246. The van der Waals surface area contributed by atoms with Crippen LogP contribution in [0.4, 0.5) is 0 Å². The van der Waals surface area contributed by atoms with Gasteiger partial charge in [0.1, 0.15) is 5.75 Å². The summed E-state index contributed by atoms with van der Waals surface area (Å²) in [6.07, 6.45) is 2.32. The van der Waals surface area contributed by atoms with Gasteiger partial charge >= 0.3 is 0 Å². The van der Waals surface area contributed by atoms with Crippen LogP contribution in [0.15, 0.2) is 23.1 Å². The van der Waals surface area contributed by atoms with Crippen molar-refractivity contribution >= 4 is 11.8 Å². The van der Waals surface area contributed by atoms with Crippen molar-refractivity contribution in [3.05, 3.63) is 23.8 Å². The number of thioether (sulfide) groups is 1. The molecule has 0 aliphatic carbocycles. The van der Waals surface area contributed by atoms with Gasteiger partial charge in [-0.25, -0.2) is 0 Å². The van der Waals surface area contributed by atoms with E-state index in [0.29, 0.717) is 0 Å². The van der Waals surface area contributed by atoms with Crippen molar-refractivity contribution in [2.45, 2.75) is 31.8 Å². The van der Waals surface area contributed by atoms with Crippen LogP contribution in [-0.4, -0.2) is 12.4 Å². The Morgan fingerprint density at radius 3 is 2.54 bits per heavy atom. The predicted molar refractivity (Wildman–Crippen MR) is 58.7 cm³/mol. The normalized spacial score (nSPS) is 10.5. The molecule has 2 heteroatoms. The van der Waals surface area contributed by atoms with Crippen LogP contribution in [0.1, 0.15) is 19.4 Å². The summed E-state index contributed by atoms with van der Waals surface area (Å²) in [6, 6.07) is 6.32. The van der Waals surface area contributed by atoms with Crippen molar-refractivity contribution in [1.82, 2.24) is 0 Å². The van der Waals surface area contributed by atoms with Gasteiger partial charge in [-0.3, -0.25) is 0 Å². The zero-order valence-corrected chi connectivity index (χ0v) is 9.44. The Morgan fingerprint density at radius 2 is 2.00 bits per heavy atom. The molecule has 0 aliphatic rings. The summed E-state index contributed by atoms with van der Waals surface area (Å²) in [5.41, 5.74) is 1.20. The molecule has 0 atom stereocenters. The highest BCUT2D eigenvalue weighted by Gasteiger charge is 2.02. The molecule has 1 aromatic rings. The van der Waals surface area contributed by atoms with Gasteiger partial charge in [-0.05, 0) is 44.7 Å². The lowest BCUT2D eigenvalue weighted by molar-refractivity contribution is 0.240. The standard InChI is InChI=1S/C11H16OS/c1-8(2)12-11-7-10(13-4)6-5-9(11)3/h5-8H,1-4H3. The van der Waals surface area contributed by atoms with Crippen molar-refractivity contribution in [2.75, 3.05) is 6.26 Å². The fourth-order valence-corrected chi connectivity index (χ4v) is 1.52. The van der Waals surface area contributed by atoms with Gasteiger partial charge in [0.25, 0.3) is 0 Å². The van der Waals surface area contributed by atoms with E-state index < -0.39 is 0 Å². The molecule has 0 amide bonds. The Morgan fingerprint density at radius 1 is 1.31 bits per heavy atom. The number of ether oxygens (including phenoxy) is 1. The molecule has 0 spiro atoms. The molecule has 0 bridgehead atoms. The maximum Gasteiger partial charge on any atom is 0.123 e. The van der Waals surface area contributed by atoms with Gasteiger partial charge < -0.3 is 4.74 Å². The van der Waals surface area contributed by atoms with Crippen molar-refractivity contribution in [3.8, 4) is 5.75 Å². The number of aryl methyl sites for hydroxylation is 1. The average molecular weight is 196 g/mol. The number of rotatable bonds is 3. The Bertz CT molecular complexity index is 281. The van der Waals surface area contributed by atoms with Crippen molar-refractivity contribution in [2.24, 2.45) is 0 Å². The van der Waals surface area contributed by atoms with Crippen molar-refractivity contribution in [3.63, 3.8) is 0 Å². The van der Waals surface area contributed by atoms with Gasteiger partial charge in [-0.2, -0.15) is 0 Å². The molecule has 1 nitrogen and oxygen atoms in total. The highest BCUT2D eigenvalue weighted by molar-refractivity contribution is 7.98. The Balaban J connectivity index is 2.90. The molecule has 1 aromatic carbocycles. The summed E-state index contributed by atoms with van der Waals surface area (Å²) in [6.45, 7) is 6.16. The van der Waals surface area contributed by atoms with Crippen molar-refractivity contribution in [1.29, 1.82) is 0 Å². The van der Waals surface area contributed by atoms with Gasteiger partial charge in [0.2, 0.25) is 0 Å². The van der Waals surface area contributed by atoms with Crippen LogP contribution in [0.25, 0.3) is 0 Å². The molecular weight excluding hydrogens is 180 g/mol. The molecule has 0 aliphatic heterocycles. The summed E-state index contributed by atoms with van der Waals surface area (Å²) < 4.78 is 5.67. The smallest absolute Gasteiger partial charge is 0.123 e. The third-order valence-corrected chi connectivity index (χ3v) is 2.48. The lowest BCUT2D eigenvalue weighted by Crippen LogP contribution is -2.06. The lowest BCUT2D eigenvalue weighted by atomic mass is 10.2. The minimum atomic E-state index is 0.246. The van der Waals surface area contributed by atoms with Crippen LogP contribution in [-0.2, 0) is 0 Å². The molecule has 13 heavy (non-hydrogen) atoms. The Labute approximate surface area is 84.5 Å². The molecule has 1 rings (SSSR count). The monoisotopic (exact) mass is 196 g/mol. The SMILES string of the molecule is CSc1ccc(C)c(OC(C)C)c1. The van der Waals surface area contributed by atoms with Gasteiger partial charge in [0.15, 0.2) is 0 Å². The predicted octanol–water partition coefficient (Wildman–Crippen LogP) is 3.50. The van der Waals surface area contributed by atoms with Gasteiger partial charge in [0, 0.05) is 4.90 Å². The molecule has 0 heterocycles. The van der Waals surface area contributed by atoms with E-state index in [2.05, 4.69) is 31.4 Å². The van der Waals surface area contributed by atoms with E-state index in [1.807, 2.05) is 13.8 Å². The molecule has 0 saturated carbocycles. The van der Waals surface area contributed by atoms with E-state index in [1.54, 1.807) is 11.8 Å². The highest BCUT2D eigenvalue weighted by Crippen LogP contribution is 2.25. The van der Waals surface area contributed by atoms with Crippen LogP contribution in [0.3, 0.4) is 0 Å². The van der Waals surface area contributed by atoms with E-state index in [1.165, 1.54) is 10.5 Å². The summed E-state index contributed by atoms with van der Waals surface area (Å²) >= 11 is 1.74. The topological polar surface area (TPSA) is 9.23 Å². The number of hydrogen-bond acceptors (Lipinski definition) is 2. The Hall–Kier alpha value is -0.630. The summed E-state index contributed by atoms with van der Waals surface area (Å²) in [4.78, 5) is 1.25. The first kappa shape index (κ1) is 10.5. The van der Waals surface area contributed by atoms with Crippen LogP contribution in [0, 0.1) is 6.92 Å². The van der Waals surface area contributed by atoms with E-state index in [9.17, 15) is 0 Å². The van der Waals surface area contributed by atoms with Crippen molar-refractivity contribution < 1.29 is 4.74 Å². The number of hydrogen-bond donors (Lipinski definition) is 0. The fraction of sp³-hybridized carbons (Fsp3) is 0.455. The van der Waals surface area contributed by atoms with E-state index in [-0.39, 0.29) is 6.10 Å². The second kappa shape index (κ2) is 4.56. The quantitative estimate of drug-likeness (QED) is 0.684. The Kier molecular flexibility index (Phi) is 3.67. The molecule has 0 saturated heterocycles. The first-order valence-corrected chi connectivity index (χ1v) is 5.67. The average Bonchev–Trinajstić information content (AvgIpc) is 2.08. The molecular formula is C11H16OS. The molecule has 0 radical (unpaired) electrons.